The van der Waals surface area contributed by atoms with Gasteiger partial charge >= 0.3 is 0 Å². The molecule has 0 radical (unpaired) electrons. The molecule has 1 unspecified atom stereocenters. The molecule has 0 spiro atoms. The molecule has 2 N–H and O–H groups in total. The third-order valence-electron chi connectivity index (χ3n) is 5.02. The number of nitrogens with one attached hydrogen (secondary N) is 2. The fraction of sp³-hybridized carbons (Fsp3) is 0.400. The number of amides is 3. The summed E-state index contributed by atoms with van der Waals surface area (Å²) in [4.78, 5) is 38.7. The number of carbonyl (C=O) groups excluding carboxylic acids is 3. The van der Waals surface area contributed by atoms with Gasteiger partial charge in [0, 0.05) is 18.6 Å². The van der Waals surface area contributed by atoms with Crippen molar-refractivity contribution in [1.82, 2.24) is 25.3 Å². The number of rotatable bonds is 6. The van der Waals surface area contributed by atoms with Crippen LogP contribution in [0, 0.1) is 0 Å². The van der Waals surface area contributed by atoms with Crippen LogP contribution in [0.25, 0.3) is 5.69 Å². The summed E-state index contributed by atoms with van der Waals surface area (Å²) in [6.07, 6.45) is 3.47. The Morgan fingerprint density at radius 1 is 1.31 bits per heavy atom. The van der Waals surface area contributed by atoms with Gasteiger partial charge in [-0.2, -0.15) is 5.10 Å². The van der Waals surface area contributed by atoms with Crippen LogP contribution in [-0.2, 0) is 16.0 Å². The second kappa shape index (κ2) is 9.09. The monoisotopic (exact) mass is 417 g/mol. The normalized spacial score (nSPS) is 16.0. The van der Waals surface area contributed by atoms with E-state index in [9.17, 15) is 14.4 Å². The lowest BCUT2D eigenvalue weighted by Crippen LogP contribution is -2.48. The zero-order valence-corrected chi connectivity index (χ0v) is 17.2. The van der Waals surface area contributed by atoms with Crippen molar-refractivity contribution in [2.75, 3.05) is 20.1 Å². The van der Waals surface area contributed by atoms with E-state index in [-0.39, 0.29) is 24.3 Å². The molecule has 0 aliphatic carbocycles. The largest absolute Gasteiger partial charge is 0.357 e. The maximum atomic E-state index is 12.7. The number of carbonyl (C=O) groups is 3. The molecule has 1 aromatic carbocycles. The van der Waals surface area contributed by atoms with Gasteiger partial charge in [-0.25, -0.2) is 4.68 Å². The van der Waals surface area contributed by atoms with Crippen LogP contribution in [0.3, 0.4) is 0 Å². The van der Waals surface area contributed by atoms with E-state index >= 15 is 0 Å². The summed E-state index contributed by atoms with van der Waals surface area (Å²) in [5, 5.41) is 10.1. The third-order valence-corrected chi connectivity index (χ3v) is 5.26. The molecule has 0 bridgehead atoms. The first kappa shape index (κ1) is 20.9. The molecule has 0 saturated carbocycles. The molecular formula is C20H24ClN5O3. The van der Waals surface area contributed by atoms with Crippen LogP contribution in [-0.4, -0.2) is 58.6 Å². The standard InChI is InChI=1S/C20H24ClN5O3/c1-3-16-15(11-24-26(16)14-7-4-6-13(21)10-14)19(28)23-12-18(27)25-9-5-8-17(25)20(29)22-2/h4,6-7,10-11,17H,3,5,8-9,12H2,1-2H3,(H,22,29)(H,23,28). The SMILES string of the molecule is CCc1c(C(=O)NCC(=O)N2CCCC2C(=O)NC)cnn1-c1cccc(Cl)c1. The molecule has 1 atom stereocenters. The highest BCUT2D eigenvalue weighted by Crippen LogP contribution is 2.20. The van der Waals surface area contributed by atoms with E-state index < -0.39 is 6.04 Å². The van der Waals surface area contributed by atoms with E-state index in [1.165, 1.54) is 11.1 Å². The lowest BCUT2D eigenvalue weighted by molar-refractivity contribution is -0.137. The quantitative estimate of drug-likeness (QED) is 0.745. The molecule has 154 valence electrons. The number of likely N-dealkylation sites (tertiary alicyclic amines) is 1. The van der Waals surface area contributed by atoms with Gasteiger partial charge in [0.15, 0.2) is 0 Å². The minimum Gasteiger partial charge on any atom is -0.357 e. The Balaban J connectivity index is 1.70. The van der Waals surface area contributed by atoms with Crippen LogP contribution < -0.4 is 10.6 Å². The van der Waals surface area contributed by atoms with Gasteiger partial charge < -0.3 is 15.5 Å². The molecule has 3 rings (SSSR count). The van der Waals surface area contributed by atoms with Crippen molar-refractivity contribution in [3.8, 4) is 5.69 Å². The van der Waals surface area contributed by atoms with Crippen molar-refractivity contribution in [2.45, 2.75) is 32.2 Å². The number of benzene rings is 1. The highest BCUT2D eigenvalue weighted by molar-refractivity contribution is 6.30. The van der Waals surface area contributed by atoms with Crippen molar-refractivity contribution in [1.29, 1.82) is 0 Å². The van der Waals surface area contributed by atoms with Crippen LogP contribution >= 0.6 is 11.6 Å². The van der Waals surface area contributed by atoms with Crippen molar-refractivity contribution in [2.24, 2.45) is 0 Å². The minimum atomic E-state index is -0.471. The molecule has 29 heavy (non-hydrogen) atoms. The molecule has 1 aliphatic rings. The average molecular weight is 418 g/mol. The zero-order chi connectivity index (χ0) is 21.0. The van der Waals surface area contributed by atoms with Crippen molar-refractivity contribution < 1.29 is 14.4 Å². The van der Waals surface area contributed by atoms with Crippen LogP contribution in [0.4, 0.5) is 0 Å². The second-order valence-corrected chi connectivity index (χ2v) is 7.23. The number of halogens is 1. The van der Waals surface area contributed by atoms with E-state index in [1.54, 1.807) is 23.9 Å². The van der Waals surface area contributed by atoms with Gasteiger partial charge in [0.05, 0.1) is 29.7 Å². The highest BCUT2D eigenvalue weighted by atomic mass is 35.5. The Morgan fingerprint density at radius 2 is 2.10 bits per heavy atom. The molecule has 2 aromatic rings. The summed E-state index contributed by atoms with van der Waals surface area (Å²) in [5.74, 6) is -0.831. The van der Waals surface area contributed by atoms with Crippen LogP contribution in [0.1, 0.15) is 35.8 Å². The third kappa shape index (κ3) is 4.42. The van der Waals surface area contributed by atoms with Crippen LogP contribution in [0.5, 0.6) is 0 Å². The summed E-state index contributed by atoms with van der Waals surface area (Å²) in [6, 6.07) is 6.74. The van der Waals surface area contributed by atoms with Gasteiger partial charge in [-0.1, -0.05) is 24.6 Å². The molecule has 2 heterocycles. The van der Waals surface area contributed by atoms with Crippen LogP contribution in [0.15, 0.2) is 30.5 Å². The average Bonchev–Trinajstić information content (AvgIpc) is 3.38. The van der Waals surface area contributed by atoms with Gasteiger partial charge in [-0.05, 0) is 37.5 Å². The predicted octanol–water partition coefficient (Wildman–Crippen LogP) is 1.55. The summed E-state index contributed by atoms with van der Waals surface area (Å²) >= 11 is 6.06. The summed E-state index contributed by atoms with van der Waals surface area (Å²) in [7, 11) is 1.55. The van der Waals surface area contributed by atoms with E-state index in [0.29, 0.717) is 30.0 Å². The van der Waals surface area contributed by atoms with E-state index in [2.05, 4.69) is 15.7 Å². The fourth-order valence-electron chi connectivity index (χ4n) is 3.59. The number of hydrogen-bond acceptors (Lipinski definition) is 4. The molecule has 3 amide bonds. The smallest absolute Gasteiger partial charge is 0.255 e. The number of nitrogens with zero attached hydrogens (tertiary/aromatic N) is 3. The van der Waals surface area contributed by atoms with E-state index in [1.807, 2.05) is 19.1 Å². The zero-order valence-electron chi connectivity index (χ0n) is 16.4. The van der Waals surface area contributed by atoms with Crippen LogP contribution in [0.2, 0.25) is 5.02 Å². The highest BCUT2D eigenvalue weighted by Gasteiger charge is 2.33. The Hall–Kier alpha value is -2.87. The Bertz CT molecular complexity index is 927. The molecule has 1 fully saturated rings. The van der Waals surface area contributed by atoms with Gasteiger partial charge in [-0.3, -0.25) is 14.4 Å². The van der Waals surface area contributed by atoms with Gasteiger partial charge in [0.25, 0.3) is 5.91 Å². The van der Waals surface area contributed by atoms with Gasteiger partial charge in [0.1, 0.15) is 6.04 Å². The molecular weight excluding hydrogens is 394 g/mol. The lowest BCUT2D eigenvalue weighted by Gasteiger charge is -2.23. The van der Waals surface area contributed by atoms with E-state index in [0.717, 1.165) is 17.8 Å². The molecule has 9 heteroatoms. The Labute approximate surface area is 174 Å². The maximum absolute atomic E-state index is 12.7. The van der Waals surface area contributed by atoms with Gasteiger partial charge in [0.2, 0.25) is 11.8 Å². The van der Waals surface area contributed by atoms with Crippen molar-refractivity contribution in [3.05, 3.63) is 46.7 Å². The summed E-state index contributed by atoms with van der Waals surface area (Å²) in [5.41, 5.74) is 1.89. The summed E-state index contributed by atoms with van der Waals surface area (Å²) in [6.45, 7) is 2.27. The predicted molar refractivity (Wildman–Crippen MR) is 109 cm³/mol. The topological polar surface area (TPSA) is 96.3 Å². The molecule has 1 aromatic heterocycles. The van der Waals surface area contributed by atoms with Crippen molar-refractivity contribution >= 4 is 29.3 Å². The minimum absolute atomic E-state index is 0.169. The van der Waals surface area contributed by atoms with Crippen molar-refractivity contribution in [3.63, 3.8) is 0 Å². The maximum Gasteiger partial charge on any atom is 0.255 e. The molecule has 1 aliphatic heterocycles. The first-order valence-corrected chi connectivity index (χ1v) is 9.96. The molecule has 8 nitrogen and oxygen atoms in total. The fourth-order valence-corrected chi connectivity index (χ4v) is 3.78. The van der Waals surface area contributed by atoms with Gasteiger partial charge in [-0.15, -0.1) is 0 Å². The Morgan fingerprint density at radius 3 is 2.79 bits per heavy atom. The number of likely N-dealkylation sites (N-methyl/N-ethyl adjacent to an activating group) is 1. The number of aromatic nitrogens is 2. The second-order valence-electron chi connectivity index (χ2n) is 6.79. The first-order valence-electron chi connectivity index (χ1n) is 9.58. The summed E-state index contributed by atoms with van der Waals surface area (Å²) < 4.78 is 1.67. The molecule has 1 saturated heterocycles. The first-order chi connectivity index (χ1) is 14.0. The van der Waals surface area contributed by atoms with E-state index in [4.69, 9.17) is 11.6 Å². The lowest BCUT2D eigenvalue weighted by atomic mass is 10.2. The number of hydrogen-bond donors (Lipinski definition) is 2. The Kier molecular flexibility index (Phi) is 6.53.